The van der Waals surface area contributed by atoms with E-state index in [-0.39, 0.29) is 5.91 Å². The molecule has 16 heavy (non-hydrogen) atoms. The molecule has 0 spiro atoms. The minimum atomic E-state index is -0.465. The second-order valence-corrected chi connectivity index (χ2v) is 4.78. The van der Waals surface area contributed by atoms with Crippen molar-refractivity contribution in [2.24, 2.45) is 11.1 Å². The fourth-order valence-electron chi connectivity index (χ4n) is 1.52. The van der Waals surface area contributed by atoms with Crippen molar-refractivity contribution < 1.29 is 4.79 Å². The number of H-pyrrole nitrogens is 1. The van der Waals surface area contributed by atoms with Crippen LogP contribution in [0.1, 0.15) is 19.4 Å². The summed E-state index contributed by atoms with van der Waals surface area (Å²) in [4.78, 5) is 16.7. The monoisotopic (exact) mass is 223 g/mol. The van der Waals surface area contributed by atoms with Gasteiger partial charge in [0.1, 0.15) is 0 Å². The predicted octanol–water partition coefficient (Wildman–Crippen LogP) is 1.00. The van der Waals surface area contributed by atoms with Gasteiger partial charge in [-0.25, -0.2) is 0 Å². The van der Waals surface area contributed by atoms with Crippen molar-refractivity contribution >= 4 is 5.91 Å². The average Bonchev–Trinajstić information content (AvgIpc) is 2.77. The number of amides is 1. The minimum absolute atomic E-state index is 0.102. The van der Waals surface area contributed by atoms with E-state index in [1.54, 1.807) is 4.90 Å². The Hall–Kier alpha value is -1.29. The van der Waals surface area contributed by atoms with Gasteiger partial charge in [-0.3, -0.25) is 4.79 Å². The van der Waals surface area contributed by atoms with Gasteiger partial charge >= 0.3 is 0 Å². The van der Waals surface area contributed by atoms with E-state index in [0.717, 1.165) is 13.0 Å². The maximum Gasteiger partial charge on any atom is 0.229 e. The number of nitrogens with one attached hydrogen (secondary N) is 1. The summed E-state index contributed by atoms with van der Waals surface area (Å²) in [5, 5.41) is 0. The van der Waals surface area contributed by atoms with Gasteiger partial charge < -0.3 is 15.6 Å². The molecule has 0 aliphatic heterocycles. The maximum atomic E-state index is 12.0. The fourth-order valence-corrected chi connectivity index (χ4v) is 1.52. The highest BCUT2D eigenvalue weighted by atomic mass is 16.2. The van der Waals surface area contributed by atoms with Gasteiger partial charge in [-0.05, 0) is 31.9 Å². The molecule has 1 amide bonds. The summed E-state index contributed by atoms with van der Waals surface area (Å²) in [5.41, 5.74) is 6.33. The lowest BCUT2D eigenvalue weighted by Gasteiger charge is -2.28. The molecule has 0 unspecified atom stereocenters. The van der Waals surface area contributed by atoms with Crippen LogP contribution in [-0.4, -0.2) is 35.9 Å². The lowest BCUT2D eigenvalue weighted by Crippen LogP contribution is -2.43. The molecule has 0 aliphatic carbocycles. The van der Waals surface area contributed by atoms with Crippen LogP contribution in [0.4, 0.5) is 0 Å². The van der Waals surface area contributed by atoms with E-state index >= 15 is 0 Å². The smallest absolute Gasteiger partial charge is 0.229 e. The first-order chi connectivity index (χ1) is 7.47. The van der Waals surface area contributed by atoms with Gasteiger partial charge in [0.2, 0.25) is 5.91 Å². The standard InChI is InChI=1S/C12H21N3O/c1-12(2,9-13)11(16)15(3)7-5-10-4-6-14-8-10/h4,6,8,14H,5,7,9,13H2,1-3H3. The van der Waals surface area contributed by atoms with E-state index < -0.39 is 5.41 Å². The largest absolute Gasteiger partial charge is 0.367 e. The van der Waals surface area contributed by atoms with Crippen molar-refractivity contribution in [1.82, 2.24) is 9.88 Å². The fraction of sp³-hybridized carbons (Fsp3) is 0.583. The van der Waals surface area contributed by atoms with Crippen LogP contribution in [0.5, 0.6) is 0 Å². The summed E-state index contributed by atoms with van der Waals surface area (Å²) < 4.78 is 0. The Morgan fingerprint density at radius 1 is 1.56 bits per heavy atom. The molecule has 0 saturated heterocycles. The number of hydrogen-bond acceptors (Lipinski definition) is 2. The molecule has 90 valence electrons. The zero-order chi connectivity index (χ0) is 12.2. The molecule has 1 heterocycles. The third kappa shape index (κ3) is 3.10. The highest BCUT2D eigenvalue weighted by Gasteiger charge is 2.28. The zero-order valence-electron chi connectivity index (χ0n) is 10.3. The second-order valence-electron chi connectivity index (χ2n) is 4.78. The van der Waals surface area contributed by atoms with Crippen molar-refractivity contribution in [2.75, 3.05) is 20.1 Å². The summed E-state index contributed by atoms with van der Waals surface area (Å²) in [6.45, 7) is 4.85. The molecule has 4 nitrogen and oxygen atoms in total. The van der Waals surface area contributed by atoms with Crippen LogP contribution in [-0.2, 0) is 11.2 Å². The number of carbonyl (C=O) groups excluding carboxylic acids is 1. The van der Waals surface area contributed by atoms with Crippen molar-refractivity contribution in [1.29, 1.82) is 0 Å². The average molecular weight is 223 g/mol. The van der Waals surface area contributed by atoms with E-state index in [0.29, 0.717) is 6.54 Å². The highest BCUT2D eigenvalue weighted by Crippen LogP contribution is 2.16. The molecule has 0 aliphatic rings. The van der Waals surface area contributed by atoms with Crippen LogP contribution in [0, 0.1) is 5.41 Å². The highest BCUT2D eigenvalue weighted by molar-refractivity contribution is 5.81. The van der Waals surface area contributed by atoms with Gasteiger partial charge in [-0.2, -0.15) is 0 Å². The molecule has 4 heteroatoms. The Balaban J connectivity index is 2.46. The number of aromatic amines is 1. The number of likely N-dealkylation sites (N-methyl/N-ethyl adjacent to an activating group) is 1. The predicted molar refractivity (Wildman–Crippen MR) is 65.0 cm³/mol. The Kier molecular flexibility index (Phi) is 4.12. The van der Waals surface area contributed by atoms with Gasteiger partial charge in [0.05, 0.1) is 5.41 Å². The van der Waals surface area contributed by atoms with Crippen molar-refractivity contribution in [3.8, 4) is 0 Å². The van der Waals surface area contributed by atoms with E-state index in [1.807, 2.05) is 39.4 Å². The summed E-state index contributed by atoms with van der Waals surface area (Å²) in [5.74, 6) is 0.102. The number of aromatic nitrogens is 1. The summed E-state index contributed by atoms with van der Waals surface area (Å²) in [6.07, 6.45) is 4.71. The summed E-state index contributed by atoms with van der Waals surface area (Å²) in [6, 6.07) is 2.02. The van der Waals surface area contributed by atoms with E-state index in [1.165, 1.54) is 5.56 Å². The lowest BCUT2D eigenvalue weighted by atomic mass is 9.92. The topological polar surface area (TPSA) is 62.1 Å². The van der Waals surface area contributed by atoms with Crippen molar-refractivity contribution in [2.45, 2.75) is 20.3 Å². The molecule has 0 saturated carbocycles. The van der Waals surface area contributed by atoms with E-state index in [4.69, 9.17) is 5.73 Å². The Labute approximate surface area is 96.8 Å². The summed E-state index contributed by atoms with van der Waals surface area (Å²) in [7, 11) is 1.83. The first-order valence-corrected chi connectivity index (χ1v) is 5.54. The first kappa shape index (κ1) is 12.8. The second kappa shape index (κ2) is 5.16. The van der Waals surface area contributed by atoms with Gasteiger partial charge in [-0.15, -0.1) is 0 Å². The molecule has 1 aromatic heterocycles. The molecule has 0 fully saturated rings. The van der Waals surface area contributed by atoms with Gasteiger partial charge in [-0.1, -0.05) is 0 Å². The SMILES string of the molecule is CN(CCc1cc[nH]c1)C(=O)C(C)(C)CN. The Morgan fingerprint density at radius 3 is 2.75 bits per heavy atom. The van der Waals surface area contributed by atoms with Crippen LogP contribution >= 0.6 is 0 Å². The first-order valence-electron chi connectivity index (χ1n) is 5.54. The molecular weight excluding hydrogens is 202 g/mol. The van der Waals surface area contributed by atoms with Gasteiger partial charge in [0.15, 0.2) is 0 Å². The minimum Gasteiger partial charge on any atom is -0.367 e. The molecule has 1 aromatic rings. The number of nitrogens with zero attached hydrogens (tertiary/aromatic N) is 1. The zero-order valence-corrected chi connectivity index (χ0v) is 10.3. The third-order valence-corrected chi connectivity index (χ3v) is 2.83. The Morgan fingerprint density at radius 2 is 2.25 bits per heavy atom. The number of nitrogens with two attached hydrogens (primary N) is 1. The van der Waals surface area contributed by atoms with Crippen LogP contribution in [0.25, 0.3) is 0 Å². The van der Waals surface area contributed by atoms with E-state index in [2.05, 4.69) is 4.98 Å². The third-order valence-electron chi connectivity index (χ3n) is 2.83. The van der Waals surface area contributed by atoms with Gasteiger partial charge in [0.25, 0.3) is 0 Å². The number of carbonyl (C=O) groups is 1. The van der Waals surface area contributed by atoms with Crippen LogP contribution < -0.4 is 5.73 Å². The summed E-state index contributed by atoms with van der Waals surface area (Å²) >= 11 is 0. The quantitative estimate of drug-likeness (QED) is 0.782. The molecular formula is C12H21N3O. The normalized spacial score (nSPS) is 11.5. The number of hydrogen-bond donors (Lipinski definition) is 2. The molecule has 3 N–H and O–H groups in total. The molecule has 0 aromatic carbocycles. The molecule has 0 radical (unpaired) electrons. The molecule has 0 atom stereocenters. The molecule has 1 rings (SSSR count). The van der Waals surface area contributed by atoms with E-state index in [9.17, 15) is 4.79 Å². The number of rotatable bonds is 5. The van der Waals surface area contributed by atoms with Crippen molar-refractivity contribution in [3.63, 3.8) is 0 Å². The van der Waals surface area contributed by atoms with Crippen molar-refractivity contribution in [3.05, 3.63) is 24.0 Å². The lowest BCUT2D eigenvalue weighted by molar-refractivity contribution is -0.138. The molecule has 0 bridgehead atoms. The van der Waals surface area contributed by atoms with Crippen LogP contribution in [0.2, 0.25) is 0 Å². The van der Waals surface area contributed by atoms with Gasteiger partial charge in [0, 0.05) is 32.5 Å². The van der Waals surface area contributed by atoms with Crippen LogP contribution in [0.3, 0.4) is 0 Å². The van der Waals surface area contributed by atoms with Crippen LogP contribution in [0.15, 0.2) is 18.5 Å². The maximum absolute atomic E-state index is 12.0. The Bertz CT molecular complexity index is 330.